The van der Waals surface area contributed by atoms with Crippen LogP contribution in [0.1, 0.15) is 47.2 Å². The molecular weight excluding hydrogens is 360 g/mol. The summed E-state index contributed by atoms with van der Waals surface area (Å²) < 4.78 is 0. The number of benzene rings is 4. The van der Waals surface area contributed by atoms with Crippen LogP contribution >= 0.6 is 0 Å². The maximum absolute atomic E-state index is 2.44. The molecular formula is C30H28. The van der Waals surface area contributed by atoms with E-state index in [1.54, 1.807) is 0 Å². The van der Waals surface area contributed by atoms with Crippen LogP contribution in [0.25, 0.3) is 11.1 Å². The predicted octanol–water partition coefficient (Wildman–Crippen LogP) is 7.60. The van der Waals surface area contributed by atoms with Crippen molar-refractivity contribution in [3.63, 3.8) is 0 Å². The summed E-state index contributed by atoms with van der Waals surface area (Å²) in [6.45, 7) is 9.30. The van der Waals surface area contributed by atoms with E-state index in [0.29, 0.717) is 0 Å². The summed E-state index contributed by atoms with van der Waals surface area (Å²) in [5, 5.41) is 0. The fraction of sp³-hybridized carbons (Fsp3) is 0.200. The SMILES string of the molecule is Cc1ccc2c(c1)C(C)(c1ccccc1)C(C)(c1ccccc1)c1cc(C)ccc1-2. The average molecular weight is 389 g/mol. The highest BCUT2D eigenvalue weighted by Gasteiger charge is 2.53. The van der Waals surface area contributed by atoms with Crippen molar-refractivity contribution in [2.24, 2.45) is 0 Å². The molecule has 0 nitrogen and oxygen atoms in total. The zero-order chi connectivity index (χ0) is 20.9. The number of hydrogen-bond donors (Lipinski definition) is 0. The standard InChI is InChI=1S/C30H28/c1-21-15-17-25-26-18-16-22(2)20-28(26)30(4,24-13-9-6-10-14-24)29(3,27(25)19-21)23-11-7-5-8-12-23/h5-20H,1-4H3. The van der Waals surface area contributed by atoms with E-state index >= 15 is 0 Å². The normalized spacial score (nSPS) is 22.3. The molecule has 0 radical (unpaired) electrons. The van der Waals surface area contributed by atoms with Crippen molar-refractivity contribution in [2.45, 2.75) is 38.5 Å². The molecule has 0 aromatic heterocycles. The summed E-state index contributed by atoms with van der Waals surface area (Å²) in [5.41, 5.74) is 10.4. The minimum atomic E-state index is -0.211. The molecule has 1 aliphatic rings. The van der Waals surface area contributed by atoms with E-state index in [0.717, 1.165) is 0 Å². The Balaban J connectivity index is 1.98. The van der Waals surface area contributed by atoms with Crippen molar-refractivity contribution in [2.75, 3.05) is 0 Å². The van der Waals surface area contributed by atoms with Gasteiger partial charge in [-0.25, -0.2) is 0 Å². The molecule has 2 unspecified atom stereocenters. The van der Waals surface area contributed by atoms with Crippen molar-refractivity contribution in [1.82, 2.24) is 0 Å². The Kier molecular flexibility index (Phi) is 4.22. The molecule has 2 atom stereocenters. The van der Waals surface area contributed by atoms with Gasteiger partial charge in [-0.3, -0.25) is 0 Å². The first-order valence-corrected chi connectivity index (χ1v) is 10.8. The van der Waals surface area contributed by atoms with Crippen LogP contribution in [0.2, 0.25) is 0 Å². The van der Waals surface area contributed by atoms with E-state index in [4.69, 9.17) is 0 Å². The Labute approximate surface area is 180 Å². The summed E-state index contributed by atoms with van der Waals surface area (Å²) in [7, 11) is 0. The number of rotatable bonds is 2. The summed E-state index contributed by atoms with van der Waals surface area (Å²) in [4.78, 5) is 0. The molecule has 0 fully saturated rings. The maximum atomic E-state index is 2.44. The zero-order valence-corrected chi connectivity index (χ0v) is 18.2. The van der Waals surface area contributed by atoms with Gasteiger partial charge < -0.3 is 0 Å². The minimum absolute atomic E-state index is 0.211. The van der Waals surface area contributed by atoms with Crippen LogP contribution < -0.4 is 0 Å². The van der Waals surface area contributed by atoms with E-state index in [1.165, 1.54) is 44.5 Å². The van der Waals surface area contributed by atoms with Gasteiger partial charge in [-0.2, -0.15) is 0 Å². The van der Waals surface area contributed by atoms with Gasteiger partial charge in [0.15, 0.2) is 0 Å². The lowest BCUT2D eigenvalue weighted by molar-refractivity contribution is 0.355. The van der Waals surface area contributed by atoms with Crippen LogP contribution in [0.3, 0.4) is 0 Å². The quantitative estimate of drug-likeness (QED) is 0.332. The smallest absolute Gasteiger partial charge is 0.0315 e. The Hall–Kier alpha value is -3.12. The molecule has 0 bridgehead atoms. The Morgan fingerprint density at radius 3 is 1.20 bits per heavy atom. The van der Waals surface area contributed by atoms with Crippen molar-refractivity contribution in [3.05, 3.63) is 130 Å². The lowest BCUT2D eigenvalue weighted by Gasteiger charge is -2.53. The van der Waals surface area contributed by atoms with Gasteiger partial charge in [-0.05, 0) is 47.2 Å². The summed E-state index contributed by atoms with van der Waals surface area (Å²) in [6.07, 6.45) is 0. The second-order valence-electron chi connectivity index (χ2n) is 9.08. The molecule has 0 N–H and O–H groups in total. The van der Waals surface area contributed by atoms with Gasteiger partial charge in [0.2, 0.25) is 0 Å². The molecule has 0 saturated heterocycles. The van der Waals surface area contributed by atoms with Crippen LogP contribution in [-0.2, 0) is 10.8 Å². The average Bonchev–Trinajstić information content (AvgIpc) is 2.78. The summed E-state index contributed by atoms with van der Waals surface area (Å²) in [6, 6.07) is 36.1. The van der Waals surface area contributed by atoms with Gasteiger partial charge in [0.05, 0.1) is 0 Å². The van der Waals surface area contributed by atoms with Crippen molar-refractivity contribution < 1.29 is 0 Å². The highest BCUT2D eigenvalue weighted by atomic mass is 14.5. The number of hydrogen-bond acceptors (Lipinski definition) is 0. The van der Waals surface area contributed by atoms with E-state index in [1.807, 2.05) is 0 Å². The predicted molar refractivity (Wildman–Crippen MR) is 127 cm³/mol. The van der Waals surface area contributed by atoms with Gasteiger partial charge in [0.1, 0.15) is 0 Å². The molecule has 0 heteroatoms. The van der Waals surface area contributed by atoms with E-state index in [2.05, 4.69) is 125 Å². The van der Waals surface area contributed by atoms with Crippen molar-refractivity contribution in [3.8, 4) is 11.1 Å². The molecule has 30 heavy (non-hydrogen) atoms. The first kappa shape index (κ1) is 18.9. The van der Waals surface area contributed by atoms with Crippen LogP contribution in [0.15, 0.2) is 97.1 Å². The third-order valence-electron chi connectivity index (χ3n) is 7.42. The van der Waals surface area contributed by atoms with E-state index < -0.39 is 0 Å². The number of aryl methyl sites for hydroxylation is 2. The Morgan fingerprint density at radius 2 is 0.833 bits per heavy atom. The Bertz CT molecular complexity index is 1120. The molecule has 0 spiro atoms. The minimum Gasteiger partial charge on any atom is -0.0622 e. The zero-order valence-electron chi connectivity index (χ0n) is 18.2. The molecule has 0 heterocycles. The van der Waals surface area contributed by atoms with Crippen LogP contribution in [-0.4, -0.2) is 0 Å². The highest BCUT2D eigenvalue weighted by molar-refractivity contribution is 5.81. The lowest BCUT2D eigenvalue weighted by Crippen LogP contribution is -2.49. The second kappa shape index (κ2) is 6.71. The Morgan fingerprint density at radius 1 is 0.467 bits per heavy atom. The molecule has 148 valence electrons. The third kappa shape index (κ3) is 2.46. The molecule has 0 saturated carbocycles. The second-order valence-corrected chi connectivity index (χ2v) is 9.08. The molecule has 4 aromatic rings. The van der Waals surface area contributed by atoms with E-state index in [9.17, 15) is 0 Å². The third-order valence-corrected chi connectivity index (χ3v) is 7.42. The van der Waals surface area contributed by atoms with Crippen LogP contribution in [0.5, 0.6) is 0 Å². The summed E-state index contributed by atoms with van der Waals surface area (Å²) in [5.74, 6) is 0. The van der Waals surface area contributed by atoms with Gasteiger partial charge in [-0.1, -0.05) is 122 Å². The number of fused-ring (bicyclic) bond motifs is 3. The molecule has 0 aliphatic heterocycles. The summed E-state index contributed by atoms with van der Waals surface area (Å²) >= 11 is 0. The first-order valence-electron chi connectivity index (χ1n) is 10.8. The van der Waals surface area contributed by atoms with Gasteiger partial charge in [0.25, 0.3) is 0 Å². The van der Waals surface area contributed by atoms with Gasteiger partial charge in [0, 0.05) is 10.8 Å². The molecule has 0 amide bonds. The fourth-order valence-corrected chi connectivity index (χ4v) is 5.58. The largest absolute Gasteiger partial charge is 0.0622 e. The molecule has 1 aliphatic carbocycles. The molecule has 4 aromatic carbocycles. The highest BCUT2D eigenvalue weighted by Crippen LogP contribution is 2.59. The van der Waals surface area contributed by atoms with Crippen molar-refractivity contribution >= 4 is 0 Å². The maximum Gasteiger partial charge on any atom is 0.0315 e. The fourth-order valence-electron chi connectivity index (χ4n) is 5.58. The monoisotopic (exact) mass is 388 g/mol. The van der Waals surface area contributed by atoms with Crippen molar-refractivity contribution in [1.29, 1.82) is 0 Å². The van der Waals surface area contributed by atoms with Gasteiger partial charge in [-0.15, -0.1) is 0 Å². The van der Waals surface area contributed by atoms with Crippen LogP contribution in [0.4, 0.5) is 0 Å². The van der Waals surface area contributed by atoms with E-state index in [-0.39, 0.29) is 10.8 Å². The first-order chi connectivity index (χ1) is 14.5. The topological polar surface area (TPSA) is 0 Å². The molecule has 5 rings (SSSR count). The van der Waals surface area contributed by atoms with Crippen LogP contribution in [0, 0.1) is 13.8 Å². The van der Waals surface area contributed by atoms with Gasteiger partial charge >= 0.3 is 0 Å². The lowest BCUT2D eigenvalue weighted by atomic mass is 9.49.